The molecule has 0 N–H and O–H groups in total. The van der Waals surface area contributed by atoms with Gasteiger partial charge in [-0.15, -0.1) is 11.8 Å². The molecular weight excluding hydrogens is 453 g/mol. The maximum absolute atomic E-state index is 13.2. The molecule has 0 saturated carbocycles. The Labute approximate surface area is 201 Å². The van der Waals surface area contributed by atoms with Crippen LogP contribution in [0.4, 0.5) is 10.1 Å². The first-order chi connectivity index (χ1) is 16.5. The van der Waals surface area contributed by atoms with Crippen molar-refractivity contribution in [2.75, 3.05) is 18.1 Å². The standard InChI is InChI=1S/C26H20FN3O3S/c27-21-10-12-22(13-11-21)30(15-3-14-28)25(31)17-33-26(32)23-4-1-2-5-24(23)34-18-20-8-6-19(16-29)7-9-20/h1-2,4-13H,3,15,17-18H2. The molecule has 8 heteroatoms. The largest absolute Gasteiger partial charge is 0.452 e. The highest BCUT2D eigenvalue weighted by atomic mass is 32.2. The number of thioether (sulfide) groups is 1. The quantitative estimate of drug-likeness (QED) is 0.317. The number of rotatable bonds is 9. The molecule has 3 aromatic rings. The number of nitriles is 2. The van der Waals surface area contributed by atoms with Crippen LogP contribution in [0.15, 0.2) is 77.7 Å². The Bertz CT molecular complexity index is 1230. The molecule has 0 fully saturated rings. The van der Waals surface area contributed by atoms with Crippen molar-refractivity contribution in [1.82, 2.24) is 0 Å². The monoisotopic (exact) mass is 473 g/mol. The highest BCUT2D eigenvalue weighted by Gasteiger charge is 2.20. The molecule has 6 nitrogen and oxygen atoms in total. The summed E-state index contributed by atoms with van der Waals surface area (Å²) in [7, 11) is 0. The maximum atomic E-state index is 13.2. The van der Waals surface area contributed by atoms with E-state index in [1.54, 1.807) is 36.4 Å². The summed E-state index contributed by atoms with van der Waals surface area (Å²) in [5, 5.41) is 17.8. The lowest BCUT2D eigenvalue weighted by molar-refractivity contribution is -0.121. The number of amides is 1. The molecule has 3 aromatic carbocycles. The molecule has 0 radical (unpaired) electrons. The van der Waals surface area contributed by atoms with Crippen molar-refractivity contribution in [3.05, 3.63) is 95.3 Å². The van der Waals surface area contributed by atoms with Gasteiger partial charge in [0.05, 0.1) is 29.7 Å². The third-order valence-corrected chi connectivity index (χ3v) is 5.94. The van der Waals surface area contributed by atoms with Crippen LogP contribution < -0.4 is 4.90 Å². The molecule has 0 bridgehead atoms. The van der Waals surface area contributed by atoms with Gasteiger partial charge in [-0.1, -0.05) is 24.3 Å². The number of carbonyl (C=O) groups excluding carboxylic acids is 2. The van der Waals surface area contributed by atoms with E-state index >= 15 is 0 Å². The van der Waals surface area contributed by atoms with Crippen LogP contribution in [0.25, 0.3) is 0 Å². The zero-order valence-electron chi connectivity index (χ0n) is 18.1. The number of halogens is 1. The Balaban J connectivity index is 1.65. The molecule has 1 amide bonds. The van der Waals surface area contributed by atoms with Crippen molar-refractivity contribution in [2.24, 2.45) is 0 Å². The molecule has 34 heavy (non-hydrogen) atoms. The highest BCUT2D eigenvalue weighted by Crippen LogP contribution is 2.27. The van der Waals surface area contributed by atoms with Gasteiger partial charge >= 0.3 is 5.97 Å². The van der Waals surface area contributed by atoms with Crippen LogP contribution in [0, 0.1) is 28.5 Å². The van der Waals surface area contributed by atoms with E-state index in [0.717, 1.165) is 5.56 Å². The first-order valence-electron chi connectivity index (χ1n) is 10.3. The van der Waals surface area contributed by atoms with Crippen LogP contribution in [0.2, 0.25) is 0 Å². The Morgan fingerprint density at radius 3 is 2.35 bits per heavy atom. The molecule has 0 aromatic heterocycles. The molecule has 0 heterocycles. The summed E-state index contributed by atoms with van der Waals surface area (Å²) in [5.41, 5.74) is 2.32. The first-order valence-corrected chi connectivity index (χ1v) is 11.3. The van der Waals surface area contributed by atoms with Crippen LogP contribution in [0.1, 0.15) is 27.9 Å². The summed E-state index contributed by atoms with van der Waals surface area (Å²) in [4.78, 5) is 27.5. The summed E-state index contributed by atoms with van der Waals surface area (Å²) < 4.78 is 18.5. The van der Waals surface area contributed by atoms with Gasteiger partial charge in [0.1, 0.15) is 5.82 Å². The Hall–Kier alpha value is -4.14. The number of hydrogen-bond donors (Lipinski definition) is 0. The minimum atomic E-state index is -0.643. The van der Waals surface area contributed by atoms with Gasteiger partial charge in [0.15, 0.2) is 6.61 Å². The summed E-state index contributed by atoms with van der Waals surface area (Å²) in [6.07, 6.45) is 0.0753. The number of esters is 1. The van der Waals surface area contributed by atoms with Gasteiger partial charge in [-0.05, 0) is 54.1 Å². The number of anilines is 1. The van der Waals surface area contributed by atoms with Gasteiger partial charge in [0, 0.05) is 22.9 Å². The summed E-state index contributed by atoms with van der Waals surface area (Å²) in [6, 6.07) is 23.5. The summed E-state index contributed by atoms with van der Waals surface area (Å²) in [5.74, 6) is -1.02. The molecule has 0 atom stereocenters. The molecule has 0 unspecified atom stereocenters. The fraction of sp³-hybridized carbons (Fsp3) is 0.154. The predicted molar refractivity (Wildman–Crippen MR) is 126 cm³/mol. The molecule has 0 aliphatic rings. The second kappa shape index (κ2) is 12.2. The SMILES string of the molecule is N#CCCN(C(=O)COC(=O)c1ccccc1SCc1ccc(C#N)cc1)c1ccc(F)cc1. The fourth-order valence-corrected chi connectivity index (χ4v) is 4.06. The molecule has 170 valence electrons. The average molecular weight is 474 g/mol. The van der Waals surface area contributed by atoms with Gasteiger partial charge in [0.25, 0.3) is 5.91 Å². The van der Waals surface area contributed by atoms with E-state index in [1.165, 1.54) is 40.9 Å². The van der Waals surface area contributed by atoms with Crippen molar-refractivity contribution in [3.8, 4) is 12.1 Å². The molecule has 0 aliphatic heterocycles. The molecule has 0 aliphatic carbocycles. The van der Waals surface area contributed by atoms with E-state index in [2.05, 4.69) is 6.07 Å². The number of ether oxygens (including phenoxy) is 1. The third-order valence-electron chi connectivity index (χ3n) is 4.80. The smallest absolute Gasteiger partial charge is 0.339 e. The average Bonchev–Trinajstić information content (AvgIpc) is 2.87. The zero-order chi connectivity index (χ0) is 24.3. The van der Waals surface area contributed by atoms with E-state index in [9.17, 15) is 14.0 Å². The van der Waals surface area contributed by atoms with Crippen LogP contribution in [-0.2, 0) is 15.3 Å². The fourth-order valence-electron chi connectivity index (χ4n) is 3.06. The van der Waals surface area contributed by atoms with Crippen LogP contribution in [0.3, 0.4) is 0 Å². The highest BCUT2D eigenvalue weighted by molar-refractivity contribution is 7.98. The van der Waals surface area contributed by atoms with Gasteiger partial charge in [0.2, 0.25) is 0 Å². The second-order valence-corrected chi connectivity index (χ2v) is 8.12. The lowest BCUT2D eigenvalue weighted by Crippen LogP contribution is -2.35. The minimum absolute atomic E-state index is 0.0753. The van der Waals surface area contributed by atoms with Crippen molar-refractivity contribution in [2.45, 2.75) is 17.1 Å². The normalized spacial score (nSPS) is 10.1. The van der Waals surface area contributed by atoms with Crippen LogP contribution >= 0.6 is 11.8 Å². The van der Waals surface area contributed by atoms with Crippen molar-refractivity contribution in [3.63, 3.8) is 0 Å². The van der Waals surface area contributed by atoms with Gasteiger partial charge in [-0.25, -0.2) is 9.18 Å². The maximum Gasteiger partial charge on any atom is 0.339 e. The number of benzene rings is 3. The van der Waals surface area contributed by atoms with Gasteiger partial charge in [-0.2, -0.15) is 10.5 Å². The van der Waals surface area contributed by atoms with Gasteiger partial charge in [-0.3, -0.25) is 4.79 Å². The summed E-state index contributed by atoms with van der Waals surface area (Å²) in [6.45, 7) is -0.425. The third kappa shape index (κ3) is 6.68. The number of hydrogen-bond acceptors (Lipinski definition) is 6. The Kier molecular flexibility index (Phi) is 8.79. The lowest BCUT2D eigenvalue weighted by atomic mass is 10.2. The van der Waals surface area contributed by atoms with Gasteiger partial charge < -0.3 is 9.64 Å². The topological polar surface area (TPSA) is 94.2 Å². The lowest BCUT2D eigenvalue weighted by Gasteiger charge is -2.21. The Morgan fingerprint density at radius 2 is 1.68 bits per heavy atom. The van der Waals surface area contributed by atoms with Crippen LogP contribution in [0.5, 0.6) is 0 Å². The molecule has 0 saturated heterocycles. The minimum Gasteiger partial charge on any atom is -0.452 e. The molecular formula is C26H20FN3O3S. The van der Waals surface area contributed by atoms with Crippen molar-refractivity contribution >= 4 is 29.3 Å². The van der Waals surface area contributed by atoms with E-state index < -0.39 is 24.3 Å². The van der Waals surface area contributed by atoms with Crippen molar-refractivity contribution < 1.29 is 18.7 Å². The molecule has 0 spiro atoms. The zero-order valence-corrected chi connectivity index (χ0v) is 18.9. The number of carbonyl (C=O) groups is 2. The van der Waals surface area contributed by atoms with E-state index in [4.69, 9.17) is 15.3 Å². The molecule has 3 rings (SSSR count). The second-order valence-electron chi connectivity index (χ2n) is 7.10. The van der Waals surface area contributed by atoms with E-state index in [-0.39, 0.29) is 13.0 Å². The predicted octanol–water partition coefficient (Wildman–Crippen LogP) is 5.09. The Morgan fingerprint density at radius 1 is 0.971 bits per heavy atom. The van der Waals surface area contributed by atoms with Crippen LogP contribution in [-0.4, -0.2) is 25.0 Å². The van der Waals surface area contributed by atoms with E-state index in [0.29, 0.717) is 27.5 Å². The summed E-state index contributed by atoms with van der Waals surface area (Å²) >= 11 is 1.44. The van der Waals surface area contributed by atoms with E-state index in [1.807, 2.05) is 18.2 Å². The first kappa shape index (κ1) is 24.5. The number of nitrogens with zero attached hydrogens (tertiary/aromatic N) is 3. The van der Waals surface area contributed by atoms with Crippen molar-refractivity contribution in [1.29, 1.82) is 10.5 Å².